The highest BCUT2D eigenvalue weighted by atomic mass is 32.1. The molecule has 1 atom stereocenters. The number of aromatic nitrogens is 1. The number of urea groups is 1. The number of imide groups is 1. The van der Waals surface area contributed by atoms with Crippen LogP contribution >= 0.6 is 11.3 Å². The van der Waals surface area contributed by atoms with Crippen LogP contribution in [0.5, 0.6) is 0 Å². The average Bonchev–Trinajstić information content (AvgIpc) is 2.70. The van der Waals surface area contributed by atoms with E-state index in [9.17, 15) is 9.59 Å². The van der Waals surface area contributed by atoms with E-state index in [0.717, 1.165) is 5.01 Å². The van der Waals surface area contributed by atoms with Crippen LogP contribution in [0.2, 0.25) is 0 Å². The van der Waals surface area contributed by atoms with Crippen molar-refractivity contribution in [3.05, 3.63) is 16.1 Å². The van der Waals surface area contributed by atoms with Crippen molar-refractivity contribution in [3.8, 4) is 11.8 Å². The van der Waals surface area contributed by atoms with Crippen molar-refractivity contribution in [2.24, 2.45) is 0 Å². The van der Waals surface area contributed by atoms with Gasteiger partial charge in [-0.1, -0.05) is 5.92 Å². The highest BCUT2D eigenvalue weighted by Gasteiger charge is 2.27. The molecule has 1 aliphatic heterocycles. The molecule has 15 heavy (non-hydrogen) atoms. The summed E-state index contributed by atoms with van der Waals surface area (Å²) in [6.07, 6.45) is 0. The van der Waals surface area contributed by atoms with Crippen LogP contribution in [-0.4, -0.2) is 23.0 Å². The summed E-state index contributed by atoms with van der Waals surface area (Å²) < 4.78 is 0. The standard InChI is InChI=1S/C9H7N3O2S/c1-5-10-6(4-15-5)2-3-7-8(13)12-9(14)11-7/h4,7H,1H3,(H2,11,12,13,14). The topological polar surface area (TPSA) is 71.1 Å². The number of carbonyl (C=O) groups excluding carboxylic acids is 2. The predicted molar refractivity (Wildman–Crippen MR) is 54.2 cm³/mol. The molecule has 2 rings (SSSR count). The van der Waals surface area contributed by atoms with Gasteiger partial charge in [-0.25, -0.2) is 9.78 Å². The van der Waals surface area contributed by atoms with Gasteiger partial charge in [0.2, 0.25) is 0 Å². The van der Waals surface area contributed by atoms with Crippen molar-refractivity contribution in [3.63, 3.8) is 0 Å². The zero-order chi connectivity index (χ0) is 10.8. The monoisotopic (exact) mass is 221 g/mol. The first-order valence-electron chi connectivity index (χ1n) is 4.20. The number of amides is 3. The van der Waals surface area contributed by atoms with Gasteiger partial charge in [0.25, 0.3) is 5.91 Å². The summed E-state index contributed by atoms with van der Waals surface area (Å²) in [4.78, 5) is 26.0. The first-order chi connectivity index (χ1) is 7.15. The van der Waals surface area contributed by atoms with Crippen LogP contribution in [0.3, 0.4) is 0 Å². The molecule has 2 N–H and O–H groups in total. The van der Waals surface area contributed by atoms with Crippen LogP contribution in [0.4, 0.5) is 4.79 Å². The minimum atomic E-state index is -0.764. The van der Waals surface area contributed by atoms with E-state index in [2.05, 4.69) is 27.5 Å². The Morgan fingerprint density at radius 3 is 2.87 bits per heavy atom. The van der Waals surface area contributed by atoms with Crippen LogP contribution in [0.25, 0.3) is 0 Å². The Balaban J connectivity index is 2.12. The molecule has 1 aromatic rings. The molecule has 0 radical (unpaired) electrons. The number of hydrogen-bond acceptors (Lipinski definition) is 4. The number of rotatable bonds is 0. The molecule has 1 unspecified atom stereocenters. The summed E-state index contributed by atoms with van der Waals surface area (Å²) >= 11 is 1.49. The molecule has 3 amide bonds. The third-order valence-electron chi connectivity index (χ3n) is 1.74. The van der Waals surface area contributed by atoms with Gasteiger partial charge in [-0.15, -0.1) is 11.3 Å². The fourth-order valence-corrected chi connectivity index (χ4v) is 1.63. The molecule has 1 fully saturated rings. The van der Waals surface area contributed by atoms with Gasteiger partial charge in [0.05, 0.1) is 5.01 Å². The minimum absolute atomic E-state index is 0.417. The Morgan fingerprint density at radius 1 is 1.53 bits per heavy atom. The number of carbonyl (C=O) groups is 2. The fraction of sp³-hybridized carbons (Fsp3) is 0.222. The molecule has 0 saturated carbocycles. The van der Waals surface area contributed by atoms with E-state index in [1.165, 1.54) is 11.3 Å². The quantitative estimate of drug-likeness (QED) is 0.479. The highest BCUT2D eigenvalue weighted by molar-refractivity contribution is 7.09. The van der Waals surface area contributed by atoms with E-state index in [1.807, 2.05) is 6.92 Å². The second-order valence-corrected chi connectivity index (χ2v) is 3.98. The molecular weight excluding hydrogens is 214 g/mol. The van der Waals surface area contributed by atoms with E-state index in [1.54, 1.807) is 5.38 Å². The minimum Gasteiger partial charge on any atom is -0.316 e. The third-order valence-corrected chi connectivity index (χ3v) is 2.51. The van der Waals surface area contributed by atoms with E-state index < -0.39 is 18.0 Å². The summed E-state index contributed by atoms with van der Waals surface area (Å²) in [5.74, 6) is 4.96. The summed E-state index contributed by atoms with van der Waals surface area (Å²) in [6, 6.07) is -1.27. The second-order valence-electron chi connectivity index (χ2n) is 2.92. The SMILES string of the molecule is Cc1nc(C#CC2NC(=O)NC2=O)cs1. The lowest BCUT2D eigenvalue weighted by atomic mass is 10.3. The summed E-state index contributed by atoms with van der Waals surface area (Å²) in [6.45, 7) is 1.87. The van der Waals surface area contributed by atoms with Gasteiger partial charge >= 0.3 is 6.03 Å². The summed E-state index contributed by atoms with van der Waals surface area (Å²) in [7, 11) is 0. The molecule has 1 aliphatic rings. The van der Waals surface area contributed by atoms with Crippen molar-refractivity contribution in [2.75, 3.05) is 0 Å². The molecular formula is C9H7N3O2S. The second kappa shape index (κ2) is 3.71. The van der Waals surface area contributed by atoms with Crippen molar-refractivity contribution in [2.45, 2.75) is 13.0 Å². The molecule has 6 heteroatoms. The molecule has 1 aromatic heterocycles. The number of thiazole rings is 1. The number of hydrogen-bond donors (Lipinski definition) is 2. The maximum Gasteiger partial charge on any atom is 0.322 e. The zero-order valence-electron chi connectivity index (χ0n) is 7.83. The fourth-order valence-electron chi connectivity index (χ4n) is 1.09. The number of aryl methyl sites for hydroxylation is 1. The van der Waals surface area contributed by atoms with Crippen LogP contribution < -0.4 is 10.6 Å². The smallest absolute Gasteiger partial charge is 0.316 e. The summed E-state index contributed by atoms with van der Waals surface area (Å²) in [5.41, 5.74) is 0.617. The van der Waals surface area contributed by atoms with Crippen molar-refractivity contribution >= 4 is 23.3 Å². The summed E-state index contributed by atoms with van der Waals surface area (Å²) in [5, 5.41) is 7.20. The largest absolute Gasteiger partial charge is 0.322 e. The lowest BCUT2D eigenvalue weighted by Gasteiger charge is -1.93. The Morgan fingerprint density at radius 2 is 2.33 bits per heavy atom. The van der Waals surface area contributed by atoms with Crippen LogP contribution in [0.15, 0.2) is 5.38 Å². The Hall–Kier alpha value is -1.87. The number of nitrogens with one attached hydrogen (secondary N) is 2. The third kappa shape index (κ3) is 2.14. The predicted octanol–water partition coefficient (Wildman–Crippen LogP) is 0.0110. The van der Waals surface area contributed by atoms with Gasteiger partial charge in [-0.05, 0) is 12.8 Å². The van der Waals surface area contributed by atoms with E-state index in [-0.39, 0.29) is 0 Å². The van der Waals surface area contributed by atoms with Crippen molar-refractivity contribution in [1.29, 1.82) is 0 Å². The van der Waals surface area contributed by atoms with Gasteiger partial charge in [0.15, 0.2) is 6.04 Å². The van der Waals surface area contributed by atoms with Gasteiger partial charge < -0.3 is 5.32 Å². The van der Waals surface area contributed by atoms with Crippen LogP contribution in [-0.2, 0) is 4.79 Å². The van der Waals surface area contributed by atoms with E-state index >= 15 is 0 Å². The maximum atomic E-state index is 11.1. The van der Waals surface area contributed by atoms with Crippen molar-refractivity contribution in [1.82, 2.24) is 15.6 Å². The Bertz CT molecular complexity index is 483. The lowest BCUT2D eigenvalue weighted by Crippen LogP contribution is -2.26. The van der Waals surface area contributed by atoms with E-state index in [4.69, 9.17) is 0 Å². The van der Waals surface area contributed by atoms with Crippen molar-refractivity contribution < 1.29 is 9.59 Å². The molecule has 0 aliphatic carbocycles. The molecule has 5 nitrogen and oxygen atoms in total. The van der Waals surface area contributed by atoms with Gasteiger partial charge in [-0.3, -0.25) is 10.1 Å². The Labute approximate surface area is 89.9 Å². The first kappa shape index (κ1) is 9.68. The van der Waals surface area contributed by atoms with E-state index in [0.29, 0.717) is 5.69 Å². The van der Waals surface area contributed by atoms with Crippen LogP contribution in [0, 0.1) is 18.8 Å². The van der Waals surface area contributed by atoms with Gasteiger partial charge in [0, 0.05) is 5.38 Å². The zero-order valence-corrected chi connectivity index (χ0v) is 8.64. The molecule has 0 bridgehead atoms. The Kier molecular flexibility index (Phi) is 2.39. The molecule has 76 valence electrons. The van der Waals surface area contributed by atoms with Gasteiger partial charge in [-0.2, -0.15) is 0 Å². The van der Waals surface area contributed by atoms with Crippen LogP contribution in [0.1, 0.15) is 10.7 Å². The average molecular weight is 221 g/mol. The lowest BCUT2D eigenvalue weighted by molar-refractivity contribution is -0.119. The molecule has 2 heterocycles. The first-order valence-corrected chi connectivity index (χ1v) is 5.08. The maximum absolute atomic E-state index is 11.1. The highest BCUT2D eigenvalue weighted by Crippen LogP contribution is 2.06. The number of nitrogens with zero attached hydrogens (tertiary/aromatic N) is 1. The van der Waals surface area contributed by atoms with Gasteiger partial charge in [0.1, 0.15) is 5.69 Å². The molecule has 0 aromatic carbocycles. The molecule has 1 saturated heterocycles. The normalized spacial score (nSPS) is 19.1. The molecule has 0 spiro atoms.